The van der Waals surface area contributed by atoms with E-state index in [0.29, 0.717) is 5.76 Å². The van der Waals surface area contributed by atoms with E-state index in [9.17, 15) is 4.79 Å². The van der Waals surface area contributed by atoms with E-state index in [2.05, 4.69) is 15.9 Å². The number of esters is 1. The van der Waals surface area contributed by atoms with E-state index in [1.165, 1.54) is 6.92 Å². The second-order valence-electron chi connectivity index (χ2n) is 3.96. The monoisotopic (exact) mass is 308 g/mol. The van der Waals surface area contributed by atoms with E-state index in [1.807, 2.05) is 36.4 Å². The molecule has 1 aromatic carbocycles. The normalized spacial score (nSPS) is 12.2. The molecule has 0 radical (unpaired) electrons. The quantitative estimate of drug-likeness (QED) is 0.792. The molecule has 0 spiro atoms. The molecule has 3 nitrogen and oxygen atoms in total. The van der Waals surface area contributed by atoms with Crippen molar-refractivity contribution in [3.05, 3.63) is 46.6 Å². The summed E-state index contributed by atoms with van der Waals surface area (Å²) in [6.45, 7) is 3.17. The maximum absolute atomic E-state index is 10.9. The van der Waals surface area contributed by atoms with E-state index < -0.39 is 0 Å². The van der Waals surface area contributed by atoms with Gasteiger partial charge in [-0.05, 0) is 31.2 Å². The second-order valence-corrected chi connectivity index (χ2v) is 4.88. The number of ether oxygens (including phenoxy) is 1. The van der Waals surface area contributed by atoms with Crippen LogP contribution in [0.4, 0.5) is 0 Å². The molecule has 0 aliphatic rings. The number of furan rings is 1. The summed E-state index contributed by atoms with van der Waals surface area (Å²) in [6, 6.07) is 11.5. The molecule has 0 amide bonds. The summed E-state index contributed by atoms with van der Waals surface area (Å²) in [7, 11) is 0. The Morgan fingerprint density at radius 1 is 1.22 bits per heavy atom. The SMILES string of the molecule is CC(=O)O[C@H](C)c1ccc(-c2ccc(Br)cc2)o1. The van der Waals surface area contributed by atoms with Crippen molar-refractivity contribution in [3.8, 4) is 11.3 Å². The lowest BCUT2D eigenvalue weighted by Gasteiger charge is -2.08. The van der Waals surface area contributed by atoms with Gasteiger partial charge in [0.1, 0.15) is 11.5 Å². The average molecular weight is 309 g/mol. The molecule has 18 heavy (non-hydrogen) atoms. The molecule has 1 atom stereocenters. The van der Waals surface area contributed by atoms with Crippen LogP contribution in [0.5, 0.6) is 0 Å². The Morgan fingerprint density at radius 2 is 1.89 bits per heavy atom. The Kier molecular flexibility index (Phi) is 3.87. The molecule has 1 aromatic heterocycles. The first-order chi connectivity index (χ1) is 8.56. The van der Waals surface area contributed by atoms with Crippen molar-refractivity contribution in [3.63, 3.8) is 0 Å². The first kappa shape index (κ1) is 12.9. The van der Waals surface area contributed by atoms with Crippen LogP contribution in [0, 0.1) is 0 Å². The third kappa shape index (κ3) is 3.01. The molecule has 4 heteroatoms. The predicted molar refractivity (Wildman–Crippen MR) is 72.0 cm³/mol. The van der Waals surface area contributed by atoms with Gasteiger partial charge in [0.15, 0.2) is 6.10 Å². The van der Waals surface area contributed by atoms with Gasteiger partial charge in [0, 0.05) is 17.0 Å². The largest absolute Gasteiger partial charge is 0.457 e. The minimum absolute atomic E-state index is 0.316. The molecular weight excluding hydrogens is 296 g/mol. The van der Waals surface area contributed by atoms with Crippen molar-refractivity contribution >= 4 is 21.9 Å². The molecule has 0 aliphatic heterocycles. The summed E-state index contributed by atoms with van der Waals surface area (Å²) in [5, 5.41) is 0. The van der Waals surface area contributed by atoms with Gasteiger partial charge >= 0.3 is 5.97 Å². The summed E-state index contributed by atoms with van der Waals surface area (Å²) < 4.78 is 11.8. The highest BCUT2D eigenvalue weighted by molar-refractivity contribution is 9.10. The Hall–Kier alpha value is -1.55. The van der Waals surface area contributed by atoms with Crippen LogP contribution in [0.25, 0.3) is 11.3 Å². The van der Waals surface area contributed by atoms with Crippen LogP contribution in [-0.4, -0.2) is 5.97 Å². The smallest absolute Gasteiger partial charge is 0.303 e. The lowest BCUT2D eigenvalue weighted by atomic mass is 10.2. The number of carbonyl (C=O) groups excluding carboxylic acids is 1. The maximum atomic E-state index is 10.9. The van der Waals surface area contributed by atoms with E-state index in [-0.39, 0.29) is 12.1 Å². The number of rotatable bonds is 3. The lowest BCUT2D eigenvalue weighted by Crippen LogP contribution is -2.03. The highest BCUT2D eigenvalue weighted by Crippen LogP contribution is 2.27. The minimum Gasteiger partial charge on any atom is -0.457 e. The van der Waals surface area contributed by atoms with Gasteiger partial charge in [-0.25, -0.2) is 0 Å². The van der Waals surface area contributed by atoms with Gasteiger partial charge in [0.2, 0.25) is 0 Å². The van der Waals surface area contributed by atoms with Crippen molar-refractivity contribution in [2.45, 2.75) is 20.0 Å². The summed E-state index contributed by atoms with van der Waals surface area (Å²) in [5.41, 5.74) is 0.986. The number of carbonyl (C=O) groups is 1. The molecule has 0 N–H and O–H groups in total. The molecular formula is C14H13BrO3. The zero-order valence-electron chi connectivity index (χ0n) is 10.1. The minimum atomic E-state index is -0.369. The fourth-order valence-electron chi connectivity index (χ4n) is 1.65. The topological polar surface area (TPSA) is 39.4 Å². The molecule has 0 unspecified atom stereocenters. The van der Waals surface area contributed by atoms with Crippen LogP contribution < -0.4 is 0 Å². The van der Waals surface area contributed by atoms with Gasteiger partial charge in [-0.15, -0.1) is 0 Å². The summed E-state index contributed by atoms with van der Waals surface area (Å²) in [4.78, 5) is 10.9. The molecule has 0 saturated heterocycles. The van der Waals surface area contributed by atoms with Crippen LogP contribution in [0.2, 0.25) is 0 Å². The molecule has 0 fully saturated rings. The number of halogens is 1. The van der Waals surface area contributed by atoms with Crippen molar-refractivity contribution < 1.29 is 13.9 Å². The second kappa shape index (κ2) is 5.40. The van der Waals surface area contributed by atoms with Crippen LogP contribution in [0.15, 0.2) is 45.3 Å². The van der Waals surface area contributed by atoms with Crippen LogP contribution in [-0.2, 0) is 9.53 Å². The highest BCUT2D eigenvalue weighted by Gasteiger charge is 2.13. The van der Waals surface area contributed by atoms with Crippen molar-refractivity contribution in [2.24, 2.45) is 0 Å². The van der Waals surface area contributed by atoms with Gasteiger partial charge in [0.05, 0.1) is 0 Å². The van der Waals surface area contributed by atoms with Gasteiger partial charge < -0.3 is 9.15 Å². The highest BCUT2D eigenvalue weighted by atomic mass is 79.9. The van der Waals surface area contributed by atoms with Crippen molar-refractivity contribution in [2.75, 3.05) is 0 Å². The van der Waals surface area contributed by atoms with Crippen molar-refractivity contribution in [1.82, 2.24) is 0 Å². The maximum Gasteiger partial charge on any atom is 0.303 e. The number of hydrogen-bond acceptors (Lipinski definition) is 3. The van der Waals surface area contributed by atoms with E-state index in [0.717, 1.165) is 15.8 Å². The van der Waals surface area contributed by atoms with Crippen molar-refractivity contribution in [1.29, 1.82) is 0 Å². The van der Waals surface area contributed by atoms with E-state index in [1.54, 1.807) is 6.92 Å². The van der Waals surface area contributed by atoms with E-state index >= 15 is 0 Å². The fraction of sp³-hybridized carbons (Fsp3) is 0.214. The number of benzene rings is 1. The van der Waals surface area contributed by atoms with Gasteiger partial charge in [-0.2, -0.15) is 0 Å². The summed E-state index contributed by atoms with van der Waals surface area (Å²) in [6.07, 6.45) is -0.369. The Bertz CT molecular complexity index is 542. The first-order valence-electron chi connectivity index (χ1n) is 5.59. The van der Waals surface area contributed by atoms with Gasteiger partial charge in [0.25, 0.3) is 0 Å². The van der Waals surface area contributed by atoms with Crippen LogP contribution in [0.3, 0.4) is 0 Å². The third-order valence-electron chi connectivity index (χ3n) is 2.50. The standard InChI is InChI=1S/C14H13BrO3/c1-9(17-10(2)16)13-7-8-14(18-13)11-3-5-12(15)6-4-11/h3-9H,1-2H3/t9-/m1/s1. The van der Waals surface area contributed by atoms with Crippen LogP contribution in [0.1, 0.15) is 25.7 Å². The fourth-order valence-corrected chi connectivity index (χ4v) is 1.91. The molecule has 1 heterocycles. The average Bonchev–Trinajstić information content (AvgIpc) is 2.78. The Morgan fingerprint density at radius 3 is 2.50 bits per heavy atom. The Balaban J connectivity index is 2.19. The first-order valence-corrected chi connectivity index (χ1v) is 6.38. The van der Waals surface area contributed by atoms with Gasteiger partial charge in [-0.3, -0.25) is 4.79 Å². The Labute approximate surface area is 114 Å². The summed E-state index contributed by atoms with van der Waals surface area (Å²) in [5.74, 6) is 1.09. The zero-order chi connectivity index (χ0) is 13.1. The molecule has 0 saturated carbocycles. The molecule has 2 aromatic rings. The molecule has 0 bridgehead atoms. The molecule has 94 valence electrons. The predicted octanol–water partition coefficient (Wildman–Crippen LogP) is 4.33. The zero-order valence-corrected chi connectivity index (χ0v) is 11.7. The van der Waals surface area contributed by atoms with Crippen LogP contribution >= 0.6 is 15.9 Å². The third-order valence-corrected chi connectivity index (χ3v) is 3.03. The lowest BCUT2D eigenvalue weighted by molar-refractivity contribution is -0.146. The van der Waals surface area contributed by atoms with Gasteiger partial charge in [-0.1, -0.05) is 28.1 Å². The molecule has 0 aliphatic carbocycles. The van der Waals surface area contributed by atoms with E-state index in [4.69, 9.17) is 9.15 Å². The summed E-state index contributed by atoms with van der Waals surface area (Å²) >= 11 is 3.39. The number of hydrogen-bond donors (Lipinski definition) is 0. The molecule has 2 rings (SSSR count).